The van der Waals surface area contributed by atoms with Gasteiger partial charge in [0.2, 0.25) is 0 Å². The lowest BCUT2D eigenvalue weighted by atomic mass is 10.2. The van der Waals surface area contributed by atoms with Gasteiger partial charge in [-0.15, -0.1) is 12.6 Å². The summed E-state index contributed by atoms with van der Waals surface area (Å²) in [6.07, 6.45) is 1.90. The fraction of sp³-hybridized carbons (Fsp3) is 0.889. The third-order valence-electron chi connectivity index (χ3n) is 2.12. The molecule has 3 nitrogen and oxygen atoms in total. The molecule has 0 saturated carbocycles. The van der Waals surface area contributed by atoms with Crippen LogP contribution in [-0.4, -0.2) is 28.5 Å². The van der Waals surface area contributed by atoms with Crippen molar-refractivity contribution in [3.8, 4) is 0 Å². The number of thiol groups is 1. The number of carbonyl (C=O) groups is 1. The molecule has 0 N–H and O–H groups in total. The van der Waals surface area contributed by atoms with Crippen LogP contribution >= 0.6 is 12.6 Å². The topological polar surface area (TPSA) is 29.5 Å². The van der Waals surface area contributed by atoms with Crippen LogP contribution in [-0.2, 0) is 4.74 Å². The van der Waals surface area contributed by atoms with Gasteiger partial charge in [-0.3, -0.25) is 0 Å². The molecule has 0 aliphatic carbocycles. The maximum atomic E-state index is 11.5. The summed E-state index contributed by atoms with van der Waals surface area (Å²) < 4.78 is 5.14. The molecule has 1 atom stereocenters. The third kappa shape index (κ3) is 3.10. The summed E-state index contributed by atoms with van der Waals surface area (Å²) in [5.41, 5.74) is 0. The number of rotatable bonds is 1. The predicted octanol–water partition coefficient (Wildman–Crippen LogP) is 2.27. The average molecular weight is 203 g/mol. The number of amides is 1. The van der Waals surface area contributed by atoms with Gasteiger partial charge in [0.15, 0.2) is 4.93 Å². The van der Waals surface area contributed by atoms with E-state index in [4.69, 9.17) is 4.74 Å². The molecule has 1 aliphatic heterocycles. The van der Waals surface area contributed by atoms with Crippen molar-refractivity contribution in [2.75, 3.05) is 6.54 Å². The first-order valence-corrected chi connectivity index (χ1v) is 5.07. The second-order valence-electron chi connectivity index (χ2n) is 4.00. The predicted molar refractivity (Wildman–Crippen MR) is 54.9 cm³/mol. The van der Waals surface area contributed by atoms with Gasteiger partial charge in [-0.2, -0.15) is 0 Å². The molecular formula is C9H17NO2S. The molecular weight excluding hydrogens is 186 g/mol. The summed E-state index contributed by atoms with van der Waals surface area (Å²) in [6.45, 7) is 6.37. The Bertz CT molecular complexity index is 200. The first-order valence-electron chi connectivity index (χ1n) is 4.62. The highest BCUT2D eigenvalue weighted by molar-refractivity contribution is 7.81. The fourth-order valence-corrected chi connectivity index (χ4v) is 1.55. The van der Waals surface area contributed by atoms with Crippen LogP contribution in [0.5, 0.6) is 0 Å². The van der Waals surface area contributed by atoms with Crippen LogP contribution < -0.4 is 0 Å². The van der Waals surface area contributed by atoms with Gasteiger partial charge >= 0.3 is 6.09 Å². The van der Waals surface area contributed by atoms with Crippen LogP contribution in [0, 0.1) is 0 Å². The van der Waals surface area contributed by atoms with Gasteiger partial charge in [0, 0.05) is 12.6 Å². The van der Waals surface area contributed by atoms with Crippen molar-refractivity contribution in [1.82, 2.24) is 4.90 Å². The number of carbonyl (C=O) groups excluding carboxylic acids is 1. The molecule has 1 amide bonds. The van der Waals surface area contributed by atoms with E-state index in [1.54, 1.807) is 18.7 Å². The Morgan fingerprint density at radius 2 is 2.23 bits per heavy atom. The summed E-state index contributed by atoms with van der Waals surface area (Å²) in [7, 11) is 0. The average Bonchev–Trinajstić information content (AvgIpc) is 2.30. The van der Waals surface area contributed by atoms with Gasteiger partial charge < -0.3 is 9.64 Å². The van der Waals surface area contributed by atoms with Crippen molar-refractivity contribution in [3.63, 3.8) is 0 Å². The molecule has 0 aromatic carbocycles. The maximum absolute atomic E-state index is 11.5. The van der Waals surface area contributed by atoms with E-state index in [-0.39, 0.29) is 6.09 Å². The molecule has 1 aliphatic rings. The Labute approximate surface area is 84.8 Å². The van der Waals surface area contributed by atoms with Gasteiger partial charge in [0.25, 0.3) is 0 Å². The first-order chi connectivity index (χ1) is 5.90. The zero-order chi connectivity index (χ0) is 10.1. The number of ether oxygens (including phenoxy) is 1. The van der Waals surface area contributed by atoms with Crippen LogP contribution in [0.25, 0.3) is 0 Å². The van der Waals surface area contributed by atoms with E-state index in [0.29, 0.717) is 6.04 Å². The largest absolute Gasteiger partial charge is 0.433 e. The monoisotopic (exact) mass is 203 g/mol. The smallest absolute Gasteiger partial charge is 0.411 e. The number of nitrogens with zero attached hydrogens (tertiary/aromatic N) is 1. The minimum Gasteiger partial charge on any atom is -0.433 e. The van der Waals surface area contributed by atoms with Crippen molar-refractivity contribution < 1.29 is 9.53 Å². The summed E-state index contributed by atoms with van der Waals surface area (Å²) >= 11 is 4.15. The highest BCUT2D eigenvalue weighted by Crippen LogP contribution is 2.21. The van der Waals surface area contributed by atoms with Crippen molar-refractivity contribution in [1.29, 1.82) is 0 Å². The Morgan fingerprint density at radius 3 is 2.62 bits per heavy atom. The van der Waals surface area contributed by atoms with Gasteiger partial charge in [-0.1, -0.05) is 0 Å². The zero-order valence-corrected chi connectivity index (χ0v) is 9.30. The summed E-state index contributed by atoms with van der Waals surface area (Å²) in [6, 6.07) is 0.309. The van der Waals surface area contributed by atoms with Gasteiger partial charge in [-0.05, 0) is 33.6 Å². The number of hydrogen-bond donors (Lipinski definition) is 1. The van der Waals surface area contributed by atoms with Crippen LogP contribution in [0.1, 0.15) is 33.6 Å². The SMILES string of the molecule is CC1CCCN1C(=O)OC(C)(C)S. The molecule has 0 radical (unpaired) electrons. The second kappa shape index (κ2) is 3.78. The molecule has 1 fully saturated rings. The Morgan fingerprint density at radius 1 is 1.62 bits per heavy atom. The van der Waals surface area contributed by atoms with Crippen molar-refractivity contribution >= 4 is 18.7 Å². The van der Waals surface area contributed by atoms with E-state index in [1.165, 1.54) is 0 Å². The lowest BCUT2D eigenvalue weighted by molar-refractivity contribution is 0.0616. The molecule has 0 aromatic heterocycles. The summed E-state index contributed by atoms with van der Waals surface area (Å²) in [4.78, 5) is 12.6. The zero-order valence-electron chi connectivity index (χ0n) is 8.41. The molecule has 4 heteroatoms. The van der Waals surface area contributed by atoms with E-state index >= 15 is 0 Å². The van der Waals surface area contributed by atoms with E-state index in [1.807, 2.05) is 6.92 Å². The minimum atomic E-state index is -0.681. The van der Waals surface area contributed by atoms with Gasteiger partial charge in [0.1, 0.15) is 0 Å². The first kappa shape index (κ1) is 10.7. The molecule has 1 rings (SSSR count). The normalized spacial score (nSPS) is 23.4. The molecule has 0 bridgehead atoms. The quantitative estimate of drug-likeness (QED) is 0.523. The Balaban J connectivity index is 2.48. The van der Waals surface area contributed by atoms with Crippen LogP contribution in [0.15, 0.2) is 0 Å². The highest BCUT2D eigenvalue weighted by atomic mass is 32.1. The number of likely N-dealkylation sites (tertiary alicyclic amines) is 1. The molecule has 76 valence electrons. The number of hydrogen-bond acceptors (Lipinski definition) is 3. The Kier molecular flexibility index (Phi) is 3.11. The van der Waals surface area contributed by atoms with Crippen molar-refractivity contribution in [2.24, 2.45) is 0 Å². The van der Waals surface area contributed by atoms with E-state index in [0.717, 1.165) is 19.4 Å². The van der Waals surface area contributed by atoms with Gasteiger partial charge in [-0.25, -0.2) is 4.79 Å². The fourth-order valence-electron chi connectivity index (χ4n) is 1.48. The molecule has 1 heterocycles. The van der Waals surface area contributed by atoms with Crippen LogP contribution in [0.3, 0.4) is 0 Å². The summed E-state index contributed by atoms with van der Waals surface area (Å²) in [5, 5.41) is 0. The standard InChI is InChI=1S/C9H17NO2S/c1-7-5-4-6-10(7)8(11)12-9(2,3)13/h7,13H,4-6H2,1-3H3. The highest BCUT2D eigenvalue weighted by Gasteiger charge is 2.29. The van der Waals surface area contributed by atoms with Crippen molar-refractivity contribution in [2.45, 2.75) is 44.6 Å². The van der Waals surface area contributed by atoms with E-state index < -0.39 is 4.93 Å². The van der Waals surface area contributed by atoms with E-state index in [2.05, 4.69) is 12.6 Å². The molecule has 0 spiro atoms. The molecule has 1 unspecified atom stereocenters. The van der Waals surface area contributed by atoms with Crippen LogP contribution in [0.2, 0.25) is 0 Å². The Hall–Kier alpha value is -0.380. The molecule has 13 heavy (non-hydrogen) atoms. The maximum Gasteiger partial charge on any atom is 0.411 e. The summed E-state index contributed by atoms with van der Waals surface area (Å²) in [5.74, 6) is 0. The molecule has 0 aromatic rings. The molecule has 1 saturated heterocycles. The lowest BCUT2D eigenvalue weighted by Gasteiger charge is -2.26. The lowest BCUT2D eigenvalue weighted by Crippen LogP contribution is -2.37. The van der Waals surface area contributed by atoms with Crippen LogP contribution in [0.4, 0.5) is 4.79 Å². The van der Waals surface area contributed by atoms with Gasteiger partial charge in [0.05, 0.1) is 0 Å². The minimum absolute atomic E-state index is 0.245. The second-order valence-corrected chi connectivity index (χ2v) is 5.08. The van der Waals surface area contributed by atoms with Crippen molar-refractivity contribution in [3.05, 3.63) is 0 Å². The van der Waals surface area contributed by atoms with E-state index in [9.17, 15) is 4.79 Å². The third-order valence-corrected chi connectivity index (χ3v) is 2.22.